The fourth-order valence-electron chi connectivity index (χ4n) is 2.38. The number of nitrogens with zero attached hydrogens (tertiary/aromatic N) is 2. The number of morpholine rings is 1. The lowest BCUT2D eigenvalue weighted by molar-refractivity contribution is -0.131. The van der Waals surface area contributed by atoms with Gasteiger partial charge in [0.25, 0.3) is 11.1 Å². The average molecular weight is 292 g/mol. The van der Waals surface area contributed by atoms with Crippen molar-refractivity contribution >= 4 is 22.9 Å². The Balaban J connectivity index is 1.70. The molecule has 0 spiro atoms. The van der Waals surface area contributed by atoms with Crippen LogP contribution in [-0.2, 0) is 16.1 Å². The first-order valence-electron chi connectivity index (χ1n) is 6.63. The first-order valence-corrected chi connectivity index (χ1v) is 7.51. The third-order valence-corrected chi connectivity index (χ3v) is 4.62. The zero-order valence-electron chi connectivity index (χ0n) is 11.0. The fraction of sp³-hybridized carbons (Fsp3) is 0.429. The normalized spacial score (nSPS) is 24.4. The van der Waals surface area contributed by atoms with Gasteiger partial charge in [-0.25, -0.2) is 0 Å². The Morgan fingerprint density at radius 2 is 1.85 bits per heavy atom. The van der Waals surface area contributed by atoms with Gasteiger partial charge in [-0.15, -0.1) is 0 Å². The predicted molar refractivity (Wildman–Crippen MR) is 76.2 cm³/mol. The van der Waals surface area contributed by atoms with Crippen LogP contribution in [0.4, 0.5) is 4.79 Å². The van der Waals surface area contributed by atoms with Crippen molar-refractivity contribution in [1.29, 1.82) is 0 Å². The predicted octanol–water partition coefficient (Wildman–Crippen LogP) is 1.54. The van der Waals surface area contributed by atoms with Gasteiger partial charge in [0.1, 0.15) is 5.37 Å². The number of benzene rings is 1. The van der Waals surface area contributed by atoms with Crippen LogP contribution in [0.1, 0.15) is 5.56 Å². The van der Waals surface area contributed by atoms with Gasteiger partial charge in [-0.05, 0) is 17.3 Å². The van der Waals surface area contributed by atoms with Crippen LogP contribution >= 0.6 is 11.8 Å². The second-order valence-corrected chi connectivity index (χ2v) is 5.83. The Kier molecular flexibility index (Phi) is 4.05. The van der Waals surface area contributed by atoms with Crippen LogP contribution in [0.2, 0.25) is 0 Å². The van der Waals surface area contributed by atoms with E-state index in [4.69, 9.17) is 4.74 Å². The summed E-state index contributed by atoms with van der Waals surface area (Å²) in [4.78, 5) is 27.8. The Bertz CT molecular complexity index is 502. The van der Waals surface area contributed by atoms with Crippen molar-refractivity contribution in [2.45, 2.75) is 11.9 Å². The van der Waals surface area contributed by atoms with Gasteiger partial charge >= 0.3 is 0 Å². The summed E-state index contributed by atoms with van der Waals surface area (Å²) in [7, 11) is 0. The Hall–Kier alpha value is -1.37. The summed E-state index contributed by atoms with van der Waals surface area (Å²) in [6.45, 7) is 3.01. The largest absolute Gasteiger partial charge is 0.379 e. The number of ether oxygens (including phenoxy) is 1. The number of imide groups is 1. The van der Waals surface area contributed by atoms with E-state index in [0.717, 1.165) is 17.3 Å². The van der Waals surface area contributed by atoms with Crippen molar-refractivity contribution in [1.82, 2.24) is 9.80 Å². The Labute approximate surface area is 121 Å². The molecule has 0 aliphatic carbocycles. The molecule has 0 N–H and O–H groups in total. The van der Waals surface area contributed by atoms with E-state index in [1.54, 1.807) is 0 Å². The monoisotopic (exact) mass is 292 g/mol. The molecule has 2 amide bonds. The molecule has 2 saturated heterocycles. The summed E-state index contributed by atoms with van der Waals surface area (Å²) in [6, 6.07) is 9.59. The molecule has 0 radical (unpaired) electrons. The second-order valence-electron chi connectivity index (χ2n) is 4.79. The first kappa shape index (κ1) is 13.6. The lowest BCUT2D eigenvalue weighted by Gasteiger charge is -2.29. The van der Waals surface area contributed by atoms with Crippen molar-refractivity contribution in [3.8, 4) is 0 Å². The molecule has 0 bridgehead atoms. The third-order valence-electron chi connectivity index (χ3n) is 3.47. The van der Waals surface area contributed by atoms with Gasteiger partial charge in [0, 0.05) is 13.1 Å². The molecule has 6 heteroatoms. The van der Waals surface area contributed by atoms with Crippen LogP contribution in [0.5, 0.6) is 0 Å². The van der Waals surface area contributed by atoms with Gasteiger partial charge in [-0.3, -0.25) is 19.4 Å². The highest BCUT2D eigenvalue weighted by atomic mass is 32.2. The summed E-state index contributed by atoms with van der Waals surface area (Å²) in [5, 5.41) is -0.537. The number of carbonyl (C=O) groups is 2. The minimum atomic E-state index is -0.380. The molecule has 5 nitrogen and oxygen atoms in total. The number of rotatable bonds is 3. The second kappa shape index (κ2) is 5.95. The molecule has 2 heterocycles. The molecule has 0 aromatic heterocycles. The minimum Gasteiger partial charge on any atom is -0.379 e. The standard InChI is InChI=1S/C14H16N2O3S/c17-12-13(15-6-8-19-9-7-15)20-14(18)16(12)10-11-4-2-1-3-5-11/h1-5,13H,6-10H2. The lowest BCUT2D eigenvalue weighted by Crippen LogP contribution is -2.46. The highest BCUT2D eigenvalue weighted by molar-refractivity contribution is 8.15. The van der Waals surface area contributed by atoms with Gasteiger partial charge in [0.15, 0.2) is 0 Å². The molecule has 20 heavy (non-hydrogen) atoms. The maximum atomic E-state index is 12.4. The van der Waals surface area contributed by atoms with Crippen molar-refractivity contribution in [2.75, 3.05) is 26.3 Å². The summed E-state index contributed by atoms with van der Waals surface area (Å²) in [6.07, 6.45) is 0. The van der Waals surface area contributed by atoms with E-state index in [9.17, 15) is 9.59 Å². The van der Waals surface area contributed by atoms with Crippen molar-refractivity contribution in [3.63, 3.8) is 0 Å². The highest BCUT2D eigenvalue weighted by Crippen LogP contribution is 2.31. The van der Waals surface area contributed by atoms with E-state index in [0.29, 0.717) is 32.8 Å². The van der Waals surface area contributed by atoms with Gasteiger partial charge < -0.3 is 4.74 Å². The molecule has 1 aromatic rings. The van der Waals surface area contributed by atoms with Crippen molar-refractivity contribution in [3.05, 3.63) is 35.9 Å². The number of thioether (sulfide) groups is 1. The highest BCUT2D eigenvalue weighted by Gasteiger charge is 2.43. The zero-order valence-corrected chi connectivity index (χ0v) is 11.8. The fourth-order valence-corrected chi connectivity index (χ4v) is 3.44. The maximum absolute atomic E-state index is 12.4. The molecule has 1 unspecified atom stereocenters. The van der Waals surface area contributed by atoms with Crippen LogP contribution in [0.15, 0.2) is 30.3 Å². The molecule has 2 aliphatic rings. The van der Waals surface area contributed by atoms with E-state index in [1.807, 2.05) is 35.2 Å². The molecular formula is C14H16N2O3S. The van der Waals surface area contributed by atoms with E-state index in [-0.39, 0.29) is 16.5 Å². The Morgan fingerprint density at radius 1 is 1.15 bits per heavy atom. The third kappa shape index (κ3) is 2.72. The van der Waals surface area contributed by atoms with E-state index in [2.05, 4.69) is 0 Å². The van der Waals surface area contributed by atoms with Gasteiger partial charge in [0.2, 0.25) is 0 Å². The molecule has 0 saturated carbocycles. The van der Waals surface area contributed by atoms with Gasteiger partial charge in [-0.2, -0.15) is 0 Å². The summed E-state index contributed by atoms with van der Waals surface area (Å²) in [5.41, 5.74) is 0.970. The summed E-state index contributed by atoms with van der Waals surface area (Å²) >= 11 is 1.12. The van der Waals surface area contributed by atoms with Crippen LogP contribution in [0, 0.1) is 0 Å². The number of hydrogen-bond donors (Lipinski definition) is 0. The topological polar surface area (TPSA) is 49.9 Å². The van der Waals surface area contributed by atoms with E-state index >= 15 is 0 Å². The Morgan fingerprint density at radius 3 is 2.55 bits per heavy atom. The molecule has 106 valence electrons. The quantitative estimate of drug-likeness (QED) is 0.846. The summed E-state index contributed by atoms with van der Waals surface area (Å²) < 4.78 is 5.28. The first-order chi connectivity index (χ1) is 9.75. The molecule has 2 aliphatic heterocycles. The number of amides is 2. The van der Waals surface area contributed by atoms with E-state index < -0.39 is 0 Å². The molecule has 1 atom stereocenters. The smallest absolute Gasteiger partial charge is 0.290 e. The maximum Gasteiger partial charge on any atom is 0.290 e. The zero-order chi connectivity index (χ0) is 13.9. The summed E-state index contributed by atoms with van der Waals surface area (Å²) in [5.74, 6) is -0.106. The van der Waals surface area contributed by atoms with Crippen LogP contribution in [0.25, 0.3) is 0 Å². The molecule has 2 fully saturated rings. The van der Waals surface area contributed by atoms with Crippen LogP contribution in [-0.4, -0.2) is 52.6 Å². The number of hydrogen-bond acceptors (Lipinski definition) is 5. The number of carbonyl (C=O) groups excluding carboxylic acids is 2. The van der Waals surface area contributed by atoms with Crippen molar-refractivity contribution in [2.24, 2.45) is 0 Å². The van der Waals surface area contributed by atoms with Gasteiger partial charge in [-0.1, -0.05) is 30.3 Å². The SMILES string of the molecule is O=C1SC(N2CCOCC2)C(=O)N1Cc1ccccc1. The molecular weight excluding hydrogens is 276 g/mol. The van der Waals surface area contributed by atoms with Crippen LogP contribution < -0.4 is 0 Å². The lowest BCUT2D eigenvalue weighted by atomic mass is 10.2. The van der Waals surface area contributed by atoms with Crippen LogP contribution in [0.3, 0.4) is 0 Å². The van der Waals surface area contributed by atoms with E-state index in [1.165, 1.54) is 4.90 Å². The van der Waals surface area contributed by atoms with Crippen molar-refractivity contribution < 1.29 is 14.3 Å². The minimum absolute atomic E-state index is 0.106. The van der Waals surface area contributed by atoms with Gasteiger partial charge in [0.05, 0.1) is 19.8 Å². The molecule has 1 aromatic carbocycles. The molecule has 3 rings (SSSR count). The average Bonchev–Trinajstić information content (AvgIpc) is 2.77.